The quantitative estimate of drug-likeness (QED) is 0.809. The lowest BCUT2D eigenvalue weighted by Gasteiger charge is -2.32. The summed E-state index contributed by atoms with van der Waals surface area (Å²) in [5.74, 6) is -0.00278. The molecule has 0 aromatic carbocycles. The first-order valence-electron chi connectivity index (χ1n) is 9.07. The highest BCUT2D eigenvalue weighted by Crippen LogP contribution is 2.18. The van der Waals surface area contributed by atoms with Gasteiger partial charge in [-0.1, -0.05) is 6.07 Å². The van der Waals surface area contributed by atoms with Gasteiger partial charge in [-0.25, -0.2) is 0 Å². The largest absolute Gasteiger partial charge is 0.354 e. The van der Waals surface area contributed by atoms with E-state index in [-0.39, 0.29) is 17.7 Å². The number of carbonyl (C=O) groups excluding carboxylic acids is 2. The van der Waals surface area contributed by atoms with Crippen LogP contribution in [0.5, 0.6) is 0 Å². The molecule has 0 saturated carbocycles. The Morgan fingerprint density at radius 1 is 1.31 bits per heavy atom. The molecule has 1 saturated heterocycles. The van der Waals surface area contributed by atoms with E-state index in [1.165, 1.54) is 0 Å². The summed E-state index contributed by atoms with van der Waals surface area (Å²) in [6, 6.07) is 7.71. The van der Waals surface area contributed by atoms with Gasteiger partial charge in [0.05, 0.1) is 18.2 Å². The number of pyridine rings is 1. The number of nitrogens with zero attached hydrogens (tertiary/aromatic N) is 4. The third-order valence-electron chi connectivity index (χ3n) is 4.65. The van der Waals surface area contributed by atoms with Crippen LogP contribution in [0.1, 0.15) is 24.2 Å². The highest BCUT2D eigenvalue weighted by atomic mass is 16.2. The first kappa shape index (κ1) is 18.1. The molecule has 0 bridgehead atoms. The van der Waals surface area contributed by atoms with Gasteiger partial charge >= 0.3 is 0 Å². The smallest absolute Gasteiger partial charge is 0.224 e. The Morgan fingerprint density at radius 2 is 2.19 bits per heavy atom. The van der Waals surface area contributed by atoms with Crippen LogP contribution in [0.3, 0.4) is 0 Å². The number of nitrogens with one attached hydrogen (secondary N) is 1. The van der Waals surface area contributed by atoms with Crippen molar-refractivity contribution < 1.29 is 9.59 Å². The van der Waals surface area contributed by atoms with Crippen molar-refractivity contribution in [1.82, 2.24) is 25.0 Å². The summed E-state index contributed by atoms with van der Waals surface area (Å²) < 4.78 is 1.82. The van der Waals surface area contributed by atoms with Gasteiger partial charge in [0, 0.05) is 50.6 Å². The van der Waals surface area contributed by atoms with Crippen LogP contribution in [0, 0.1) is 12.8 Å². The van der Waals surface area contributed by atoms with Crippen LogP contribution in [-0.4, -0.2) is 51.1 Å². The molecule has 1 fully saturated rings. The van der Waals surface area contributed by atoms with Gasteiger partial charge in [-0.2, -0.15) is 5.10 Å². The number of amides is 2. The molecular formula is C19H25N5O2. The average Bonchev–Trinajstić information content (AvgIpc) is 3.07. The Balaban J connectivity index is 1.45. The van der Waals surface area contributed by atoms with Crippen LogP contribution in [0.25, 0.3) is 0 Å². The minimum atomic E-state index is -0.143. The molecule has 1 aliphatic heterocycles. The van der Waals surface area contributed by atoms with Crippen molar-refractivity contribution in [2.75, 3.05) is 19.6 Å². The fourth-order valence-electron chi connectivity index (χ4n) is 3.17. The molecule has 1 atom stereocenters. The lowest BCUT2D eigenvalue weighted by Crippen LogP contribution is -2.46. The second-order valence-corrected chi connectivity index (χ2v) is 6.66. The summed E-state index contributed by atoms with van der Waals surface area (Å²) in [7, 11) is 0. The fraction of sp³-hybridized carbons (Fsp3) is 0.474. The molecule has 3 heterocycles. The lowest BCUT2D eigenvalue weighted by molar-refractivity contribution is -0.138. The molecule has 138 valence electrons. The van der Waals surface area contributed by atoms with Gasteiger partial charge in [0.2, 0.25) is 11.8 Å². The number of likely N-dealkylation sites (tertiary alicyclic amines) is 1. The summed E-state index contributed by atoms with van der Waals surface area (Å²) in [6.07, 6.45) is 5.41. The molecule has 26 heavy (non-hydrogen) atoms. The molecule has 2 aromatic rings. The van der Waals surface area contributed by atoms with E-state index in [1.54, 1.807) is 11.1 Å². The van der Waals surface area contributed by atoms with Gasteiger partial charge in [-0.3, -0.25) is 19.3 Å². The van der Waals surface area contributed by atoms with Crippen molar-refractivity contribution in [3.63, 3.8) is 0 Å². The van der Waals surface area contributed by atoms with Gasteiger partial charge in [0.25, 0.3) is 0 Å². The Bertz CT molecular complexity index is 743. The van der Waals surface area contributed by atoms with Gasteiger partial charge in [-0.15, -0.1) is 0 Å². The molecule has 0 spiro atoms. The van der Waals surface area contributed by atoms with Crippen molar-refractivity contribution in [1.29, 1.82) is 0 Å². The number of aryl methyl sites for hydroxylation is 1. The number of hydrogen-bond acceptors (Lipinski definition) is 4. The molecule has 2 aromatic heterocycles. The normalized spacial score (nSPS) is 17.3. The zero-order chi connectivity index (χ0) is 18.4. The van der Waals surface area contributed by atoms with Gasteiger partial charge in [0.15, 0.2) is 0 Å². The first-order chi connectivity index (χ1) is 12.6. The molecule has 2 amide bonds. The summed E-state index contributed by atoms with van der Waals surface area (Å²) in [5.41, 5.74) is 1.92. The number of aromatic nitrogens is 3. The third-order valence-corrected chi connectivity index (χ3v) is 4.65. The zero-order valence-corrected chi connectivity index (χ0v) is 15.1. The number of carbonyl (C=O) groups is 2. The van der Waals surface area contributed by atoms with E-state index >= 15 is 0 Å². The van der Waals surface area contributed by atoms with Crippen LogP contribution in [0.4, 0.5) is 0 Å². The van der Waals surface area contributed by atoms with Crippen LogP contribution in [-0.2, 0) is 22.6 Å². The highest BCUT2D eigenvalue weighted by Gasteiger charge is 2.29. The minimum Gasteiger partial charge on any atom is -0.354 e. The SMILES string of the molecule is Cc1ccn(CCNC(=O)C2CCC(=O)N(CCc3ccccn3)C2)n1. The topological polar surface area (TPSA) is 80.1 Å². The molecule has 7 heteroatoms. The molecule has 0 radical (unpaired) electrons. The van der Waals surface area contributed by atoms with Crippen LogP contribution in [0.15, 0.2) is 36.7 Å². The van der Waals surface area contributed by atoms with Crippen LogP contribution >= 0.6 is 0 Å². The minimum absolute atomic E-state index is 0.0178. The van der Waals surface area contributed by atoms with E-state index in [4.69, 9.17) is 0 Å². The van der Waals surface area contributed by atoms with Crippen LogP contribution in [0.2, 0.25) is 0 Å². The highest BCUT2D eigenvalue weighted by molar-refractivity contribution is 5.83. The Morgan fingerprint density at radius 3 is 2.92 bits per heavy atom. The standard InChI is InChI=1S/C19H25N5O2/c1-15-7-12-24(22-15)13-10-21-19(26)16-5-6-18(25)23(14-16)11-8-17-4-2-3-9-20-17/h2-4,7,9,12,16H,5-6,8,10-11,13-14H2,1H3,(H,21,26). The molecule has 3 rings (SSSR count). The number of hydrogen-bond donors (Lipinski definition) is 1. The summed E-state index contributed by atoms with van der Waals surface area (Å²) >= 11 is 0. The number of piperidine rings is 1. The van der Waals surface area contributed by atoms with Crippen LogP contribution < -0.4 is 5.32 Å². The third kappa shape index (κ3) is 4.91. The predicted molar refractivity (Wildman–Crippen MR) is 97.2 cm³/mol. The molecule has 1 aliphatic rings. The summed E-state index contributed by atoms with van der Waals surface area (Å²) in [4.78, 5) is 30.7. The van der Waals surface area contributed by atoms with Gasteiger partial charge in [0.1, 0.15) is 0 Å². The van der Waals surface area contributed by atoms with E-state index < -0.39 is 0 Å². The zero-order valence-electron chi connectivity index (χ0n) is 15.1. The average molecular weight is 355 g/mol. The molecule has 7 nitrogen and oxygen atoms in total. The Hall–Kier alpha value is -2.70. The van der Waals surface area contributed by atoms with Crippen molar-refractivity contribution in [2.24, 2.45) is 5.92 Å². The Kier molecular flexibility index (Phi) is 5.99. The number of rotatable bonds is 7. The van der Waals surface area contributed by atoms with Gasteiger partial charge < -0.3 is 10.2 Å². The van der Waals surface area contributed by atoms with E-state index in [9.17, 15) is 9.59 Å². The fourth-order valence-corrected chi connectivity index (χ4v) is 3.17. The van der Waals surface area contributed by atoms with Crippen molar-refractivity contribution in [2.45, 2.75) is 32.7 Å². The maximum atomic E-state index is 12.4. The predicted octanol–water partition coefficient (Wildman–Crippen LogP) is 1.18. The molecule has 1 N–H and O–H groups in total. The molecule has 1 unspecified atom stereocenters. The van der Waals surface area contributed by atoms with E-state index in [1.807, 2.05) is 42.1 Å². The monoisotopic (exact) mass is 355 g/mol. The van der Waals surface area contributed by atoms with Crippen molar-refractivity contribution >= 4 is 11.8 Å². The summed E-state index contributed by atoms with van der Waals surface area (Å²) in [6.45, 7) is 4.21. The second kappa shape index (κ2) is 8.60. The van der Waals surface area contributed by atoms with E-state index in [0.717, 1.165) is 11.4 Å². The Labute approximate surface area is 153 Å². The van der Waals surface area contributed by atoms with E-state index in [0.29, 0.717) is 45.4 Å². The van der Waals surface area contributed by atoms with Crippen molar-refractivity contribution in [3.05, 3.63) is 48.0 Å². The van der Waals surface area contributed by atoms with Gasteiger partial charge in [-0.05, 0) is 31.5 Å². The maximum absolute atomic E-state index is 12.4. The summed E-state index contributed by atoms with van der Waals surface area (Å²) in [5, 5.41) is 7.27. The van der Waals surface area contributed by atoms with Crippen molar-refractivity contribution in [3.8, 4) is 0 Å². The molecular weight excluding hydrogens is 330 g/mol. The second-order valence-electron chi connectivity index (χ2n) is 6.66. The maximum Gasteiger partial charge on any atom is 0.224 e. The first-order valence-corrected chi connectivity index (χ1v) is 9.07. The molecule has 0 aliphatic carbocycles. The van der Waals surface area contributed by atoms with E-state index in [2.05, 4.69) is 15.4 Å². The lowest BCUT2D eigenvalue weighted by atomic mass is 9.96.